The summed E-state index contributed by atoms with van der Waals surface area (Å²) in [6.45, 7) is 4.49. The predicted molar refractivity (Wildman–Crippen MR) is 55.7 cm³/mol. The van der Waals surface area contributed by atoms with Crippen molar-refractivity contribution in [1.29, 1.82) is 5.41 Å². The van der Waals surface area contributed by atoms with E-state index >= 15 is 0 Å². The van der Waals surface area contributed by atoms with Crippen LogP contribution in [0.4, 0.5) is 0 Å². The summed E-state index contributed by atoms with van der Waals surface area (Å²) in [4.78, 5) is 2.36. The molecular weight excluding hydrogens is 150 g/mol. The lowest BCUT2D eigenvalue weighted by Crippen LogP contribution is -2.10. The van der Waals surface area contributed by atoms with Gasteiger partial charge in [0.25, 0.3) is 0 Å². The minimum atomic E-state index is 0. The maximum absolute atomic E-state index is 6.52. The molecule has 12 heavy (non-hydrogen) atoms. The van der Waals surface area contributed by atoms with Crippen LogP contribution in [0.2, 0.25) is 0 Å². The normalized spacial score (nSPS) is 15.8. The summed E-state index contributed by atoms with van der Waals surface area (Å²) in [7, 11) is 2.17. The molecule has 0 aromatic carbocycles. The minimum absolute atomic E-state index is 0. The average Bonchev–Trinajstić information content (AvgIpc) is 2.41. The SMILES string of the molecule is C.CCC(=N)N.CN1CCCC1. The first-order valence-electron chi connectivity index (χ1n) is 4.18. The summed E-state index contributed by atoms with van der Waals surface area (Å²) >= 11 is 0. The number of likely N-dealkylation sites (tertiary alicyclic amines) is 1. The van der Waals surface area contributed by atoms with Crippen LogP contribution in [0.5, 0.6) is 0 Å². The average molecular weight is 173 g/mol. The molecule has 0 radical (unpaired) electrons. The second kappa shape index (κ2) is 8.53. The first kappa shape index (κ1) is 14.0. The van der Waals surface area contributed by atoms with Gasteiger partial charge in [-0.3, -0.25) is 5.41 Å². The van der Waals surface area contributed by atoms with E-state index in [0.29, 0.717) is 6.42 Å². The lowest BCUT2D eigenvalue weighted by atomic mass is 10.4. The molecule has 3 N–H and O–H groups in total. The number of hydrogen-bond acceptors (Lipinski definition) is 2. The van der Waals surface area contributed by atoms with Gasteiger partial charge >= 0.3 is 0 Å². The molecule has 0 spiro atoms. The van der Waals surface area contributed by atoms with Gasteiger partial charge < -0.3 is 10.6 Å². The highest BCUT2D eigenvalue weighted by Crippen LogP contribution is 2.01. The minimum Gasteiger partial charge on any atom is -0.388 e. The monoisotopic (exact) mass is 173 g/mol. The maximum atomic E-state index is 6.52. The van der Waals surface area contributed by atoms with Crippen LogP contribution in [0.3, 0.4) is 0 Å². The Balaban J connectivity index is 0. The zero-order valence-electron chi connectivity index (χ0n) is 7.56. The third-order valence-corrected chi connectivity index (χ3v) is 1.71. The largest absolute Gasteiger partial charge is 0.388 e. The van der Waals surface area contributed by atoms with Crippen LogP contribution in [0.25, 0.3) is 0 Å². The molecule has 0 amide bonds. The fraction of sp³-hybridized carbons (Fsp3) is 0.889. The van der Waals surface area contributed by atoms with E-state index in [1.807, 2.05) is 6.92 Å². The molecule has 1 heterocycles. The highest BCUT2D eigenvalue weighted by atomic mass is 15.1. The summed E-state index contributed by atoms with van der Waals surface area (Å²) in [5, 5.41) is 6.52. The smallest absolute Gasteiger partial charge is 0.0902 e. The number of nitrogens with zero attached hydrogens (tertiary/aromatic N) is 1. The fourth-order valence-corrected chi connectivity index (χ4v) is 0.875. The molecule has 0 aliphatic carbocycles. The Kier molecular flexibility index (Phi) is 9.93. The first-order chi connectivity index (χ1) is 5.16. The van der Waals surface area contributed by atoms with Crippen molar-refractivity contribution in [1.82, 2.24) is 4.90 Å². The summed E-state index contributed by atoms with van der Waals surface area (Å²) in [5.41, 5.74) is 4.88. The number of hydrogen-bond donors (Lipinski definition) is 2. The molecule has 0 unspecified atom stereocenters. The van der Waals surface area contributed by atoms with E-state index in [4.69, 9.17) is 11.1 Å². The van der Waals surface area contributed by atoms with Crippen molar-refractivity contribution in [2.45, 2.75) is 33.6 Å². The second-order valence-corrected chi connectivity index (χ2v) is 2.89. The first-order valence-corrected chi connectivity index (χ1v) is 4.18. The van der Waals surface area contributed by atoms with Gasteiger partial charge in [0.15, 0.2) is 0 Å². The molecule has 1 saturated heterocycles. The molecule has 0 saturated carbocycles. The van der Waals surface area contributed by atoms with E-state index in [-0.39, 0.29) is 13.3 Å². The zero-order chi connectivity index (χ0) is 8.69. The quantitative estimate of drug-likeness (QED) is 0.468. The van der Waals surface area contributed by atoms with Crippen LogP contribution in [0.1, 0.15) is 33.6 Å². The third kappa shape index (κ3) is 9.43. The summed E-state index contributed by atoms with van der Waals surface area (Å²) in [6, 6.07) is 0. The molecule has 3 heteroatoms. The van der Waals surface area contributed by atoms with Crippen molar-refractivity contribution in [3.8, 4) is 0 Å². The number of rotatable bonds is 1. The van der Waals surface area contributed by atoms with Gasteiger partial charge in [-0.05, 0) is 33.0 Å². The zero-order valence-corrected chi connectivity index (χ0v) is 7.56. The predicted octanol–water partition coefficient (Wildman–Crippen LogP) is 1.68. The van der Waals surface area contributed by atoms with E-state index in [9.17, 15) is 0 Å². The fourth-order valence-electron chi connectivity index (χ4n) is 0.875. The molecule has 0 bridgehead atoms. The van der Waals surface area contributed by atoms with Gasteiger partial charge in [-0.1, -0.05) is 14.4 Å². The van der Waals surface area contributed by atoms with Gasteiger partial charge in [0.05, 0.1) is 5.84 Å². The molecule has 0 atom stereocenters. The molecular formula is C9H23N3. The van der Waals surface area contributed by atoms with Crippen LogP contribution in [0.15, 0.2) is 0 Å². The number of nitrogens with two attached hydrogens (primary N) is 1. The summed E-state index contributed by atoms with van der Waals surface area (Å²) in [6.07, 6.45) is 3.49. The third-order valence-electron chi connectivity index (χ3n) is 1.71. The van der Waals surface area contributed by atoms with E-state index < -0.39 is 0 Å². The van der Waals surface area contributed by atoms with Gasteiger partial charge in [-0.25, -0.2) is 0 Å². The molecule has 3 nitrogen and oxygen atoms in total. The van der Waals surface area contributed by atoms with Gasteiger partial charge in [0.1, 0.15) is 0 Å². The molecule has 74 valence electrons. The number of amidine groups is 1. The van der Waals surface area contributed by atoms with Gasteiger partial charge in [0.2, 0.25) is 0 Å². The van der Waals surface area contributed by atoms with Gasteiger partial charge in [-0.2, -0.15) is 0 Å². The Morgan fingerprint density at radius 1 is 1.42 bits per heavy atom. The molecule has 0 aromatic heterocycles. The van der Waals surface area contributed by atoms with Crippen molar-refractivity contribution < 1.29 is 0 Å². The lowest BCUT2D eigenvalue weighted by molar-refractivity contribution is 0.418. The molecule has 0 aromatic rings. The Morgan fingerprint density at radius 2 is 1.75 bits per heavy atom. The Bertz CT molecular complexity index is 106. The van der Waals surface area contributed by atoms with Crippen molar-refractivity contribution in [3.05, 3.63) is 0 Å². The van der Waals surface area contributed by atoms with Crippen molar-refractivity contribution >= 4 is 5.84 Å². The van der Waals surface area contributed by atoms with E-state index in [1.54, 1.807) is 0 Å². The van der Waals surface area contributed by atoms with Gasteiger partial charge in [0, 0.05) is 6.42 Å². The highest BCUT2D eigenvalue weighted by Gasteiger charge is 2.03. The molecule has 1 rings (SSSR count). The van der Waals surface area contributed by atoms with E-state index in [0.717, 1.165) is 0 Å². The standard InChI is InChI=1S/C5H11N.C3H8N2.CH4/c1-6-4-2-3-5-6;1-2-3(4)5;/h2-5H2,1H3;2H2,1H3,(H3,4,5);1H4. The van der Waals surface area contributed by atoms with Crippen LogP contribution in [-0.2, 0) is 0 Å². The van der Waals surface area contributed by atoms with Crippen LogP contribution in [0, 0.1) is 5.41 Å². The van der Waals surface area contributed by atoms with Crippen LogP contribution < -0.4 is 5.73 Å². The topological polar surface area (TPSA) is 53.1 Å². The van der Waals surface area contributed by atoms with Crippen molar-refractivity contribution in [2.75, 3.05) is 20.1 Å². The molecule has 1 aliphatic rings. The van der Waals surface area contributed by atoms with Crippen molar-refractivity contribution in [3.63, 3.8) is 0 Å². The summed E-state index contributed by atoms with van der Waals surface area (Å²) < 4.78 is 0. The van der Waals surface area contributed by atoms with Crippen LogP contribution in [-0.4, -0.2) is 30.9 Å². The van der Waals surface area contributed by atoms with Crippen molar-refractivity contribution in [2.24, 2.45) is 5.73 Å². The second-order valence-electron chi connectivity index (χ2n) is 2.89. The highest BCUT2D eigenvalue weighted by molar-refractivity contribution is 5.76. The summed E-state index contributed by atoms with van der Waals surface area (Å²) in [5.74, 6) is 0.255. The van der Waals surface area contributed by atoms with Crippen LogP contribution >= 0.6 is 0 Å². The Hall–Kier alpha value is -0.570. The Morgan fingerprint density at radius 3 is 1.83 bits per heavy atom. The number of nitrogens with one attached hydrogen (secondary N) is 1. The van der Waals surface area contributed by atoms with E-state index in [2.05, 4.69) is 11.9 Å². The van der Waals surface area contributed by atoms with E-state index in [1.165, 1.54) is 25.9 Å². The maximum Gasteiger partial charge on any atom is 0.0902 e. The molecule has 1 fully saturated rings. The molecule has 1 aliphatic heterocycles. The lowest BCUT2D eigenvalue weighted by Gasteiger charge is -2.01. The van der Waals surface area contributed by atoms with Gasteiger partial charge in [-0.15, -0.1) is 0 Å². The Labute approximate surface area is 76.4 Å².